The van der Waals surface area contributed by atoms with Crippen molar-refractivity contribution in [1.29, 1.82) is 0 Å². The number of thiophene rings is 1. The minimum atomic E-state index is -0.0482. The van der Waals surface area contributed by atoms with E-state index in [4.69, 9.17) is 9.47 Å². The second-order valence-corrected chi connectivity index (χ2v) is 17.9. The highest BCUT2D eigenvalue weighted by atomic mass is 32.1. The predicted octanol–water partition coefficient (Wildman–Crippen LogP) is 11.9. The molecule has 8 nitrogen and oxygen atoms in total. The number of nitrogens with one attached hydrogen (secondary N) is 1. The van der Waals surface area contributed by atoms with Crippen molar-refractivity contribution in [3.8, 4) is 0 Å². The first kappa shape index (κ1) is 51.8. The van der Waals surface area contributed by atoms with E-state index in [0.717, 1.165) is 119 Å². The molecule has 0 atom stereocenters. The Morgan fingerprint density at radius 3 is 2.00 bits per heavy atom. The first-order valence-electron chi connectivity index (χ1n) is 23.7. The number of hydrogen-bond acceptors (Lipinski definition) is 8. The average Bonchev–Trinajstić information content (AvgIpc) is 3.56. The third kappa shape index (κ3) is 26.0. The molecule has 0 bridgehead atoms. The van der Waals surface area contributed by atoms with E-state index in [1.165, 1.54) is 81.9 Å². The first-order chi connectivity index (χ1) is 28.3. The Balaban J connectivity index is 1.66. The summed E-state index contributed by atoms with van der Waals surface area (Å²) in [6.07, 6.45) is 38.1. The third-order valence-electron chi connectivity index (χ3n) is 11.0. The van der Waals surface area contributed by atoms with Gasteiger partial charge >= 0.3 is 5.97 Å². The number of nitrogens with zero attached hydrogens (tertiary/aromatic N) is 2. The van der Waals surface area contributed by atoms with E-state index < -0.39 is 0 Å². The molecule has 1 aromatic heterocycles. The molecular formula is C49H85N3O5S. The Kier molecular flexibility index (Phi) is 31.6. The van der Waals surface area contributed by atoms with E-state index in [-0.39, 0.29) is 17.7 Å². The zero-order valence-corrected chi connectivity index (χ0v) is 38.5. The second kappa shape index (κ2) is 35.4. The number of ether oxygens (including phenoxy) is 2. The summed E-state index contributed by atoms with van der Waals surface area (Å²) in [4.78, 5) is 45.3. The van der Waals surface area contributed by atoms with Gasteiger partial charge in [-0.05, 0) is 83.9 Å². The SMILES string of the molecule is CCCCC/C=C\C/C=C\CCCCCCCC(=O)Cc1sc2c(c1C(=O)NCCN(C)C)CCN(COCCCCCCCC(=O)OCCCCCCCCC)C2. The summed E-state index contributed by atoms with van der Waals surface area (Å²) in [6, 6.07) is 0. The van der Waals surface area contributed by atoms with Crippen LogP contribution in [-0.4, -0.2) is 81.1 Å². The Hall–Kier alpha value is -2.33. The molecule has 1 N–H and O–H groups in total. The summed E-state index contributed by atoms with van der Waals surface area (Å²) in [5.41, 5.74) is 1.89. The Morgan fingerprint density at radius 1 is 0.724 bits per heavy atom. The number of fused-ring (bicyclic) bond motifs is 1. The monoisotopic (exact) mass is 828 g/mol. The number of ketones is 1. The largest absolute Gasteiger partial charge is 0.466 e. The van der Waals surface area contributed by atoms with Gasteiger partial charge in [-0.2, -0.15) is 0 Å². The number of carbonyl (C=O) groups excluding carboxylic acids is 3. The molecular weight excluding hydrogens is 743 g/mol. The van der Waals surface area contributed by atoms with E-state index in [1.807, 2.05) is 14.1 Å². The van der Waals surface area contributed by atoms with Crippen molar-refractivity contribution in [3.63, 3.8) is 0 Å². The molecule has 0 unspecified atom stereocenters. The van der Waals surface area contributed by atoms with Gasteiger partial charge in [-0.15, -0.1) is 11.3 Å². The van der Waals surface area contributed by atoms with Gasteiger partial charge in [0.05, 0.1) is 18.9 Å². The van der Waals surface area contributed by atoms with Gasteiger partial charge in [0, 0.05) is 61.8 Å². The van der Waals surface area contributed by atoms with E-state index in [9.17, 15) is 14.4 Å². The highest BCUT2D eigenvalue weighted by Crippen LogP contribution is 2.34. The highest BCUT2D eigenvalue weighted by molar-refractivity contribution is 7.12. The quantitative estimate of drug-likeness (QED) is 0.0403. The summed E-state index contributed by atoms with van der Waals surface area (Å²) < 4.78 is 11.5. The molecule has 0 spiro atoms. The molecule has 9 heteroatoms. The Morgan fingerprint density at radius 2 is 1.31 bits per heavy atom. The number of amides is 1. The predicted molar refractivity (Wildman–Crippen MR) is 245 cm³/mol. The molecule has 1 amide bonds. The lowest BCUT2D eigenvalue weighted by Gasteiger charge is -2.27. The lowest BCUT2D eigenvalue weighted by Crippen LogP contribution is -2.34. The number of hydrogen-bond donors (Lipinski definition) is 1. The summed E-state index contributed by atoms with van der Waals surface area (Å²) in [7, 11) is 4.01. The van der Waals surface area contributed by atoms with Crippen LogP contribution in [0.4, 0.5) is 0 Å². The number of carbonyl (C=O) groups is 3. The van der Waals surface area contributed by atoms with Crippen LogP contribution in [0.25, 0.3) is 0 Å². The first-order valence-corrected chi connectivity index (χ1v) is 24.5. The van der Waals surface area contributed by atoms with E-state index in [0.29, 0.717) is 39.1 Å². The van der Waals surface area contributed by atoms with Crippen molar-refractivity contribution in [2.24, 2.45) is 0 Å². The normalized spacial score (nSPS) is 13.3. The number of likely N-dealkylation sites (N-methyl/N-ethyl adjacent to an activating group) is 1. The molecule has 0 saturated heterocycles. The van der Waals surface area contributed by atoms with Gasteiger partial charge in [0.25, 0.3) is 5.91 Å². The van der Waals surface area contributed by atoms with Gasteiger partial charge in [-0.3, -0.25) is 19.3 Å². The Labute approximate surface area is 359 Å². The molecule has 0 aromatic carbocycles. The smallest absolute Gasteiger partial charge is 0.305 e. The molecule has 332 valence electrons. The van der Waals surface area contributed by atoms with Gasteiger partial charge in [0.15, 0.2) is 0 Å². The van der Waals surface area contributed by atoms with Crippen LogP contribution in [0.2, 0.25) is 0 Å². The summed E-state index contributed by atoms with van der Waals surface area (Å²) >= 11 is 1.66. The molecule has 1 aliphatic rings. The number of rotatable bonds is 38. The minimum Gasteiger partial charge on any atom is -0.466 e. The van der Waals surface area contributed by atoms with Crippen LogP contribution < -0.4 is 5.32 Å². The van der Waals surface area contributed by atoms with Crippen molar-refractivity contribution in [2.75, 3.05) is 53.7 Å². The lowest BCUT2D eigenvalue weighted by atomic mass is 9.98. The van der Waals surface area contributed by atoms with Gasteiger partial charge in [-0.25, -0.2) is 0 Å². The lowest BCUT2D eigenvalue weighted by molar-refractivity contribution is -0.143. The number of esters is 1. The van der Waals surface area contributed by atoms with Gasteiger partial charge in [0.1, 0.15) is 5.78 Å². The van der Waals surface area contributed by atoms with E-state index in [2.05, 4.69) is 53.3 Å². The van der Waals surface area contributed by atoms with E-state index in [1.54, 1.807) is 11.3 Å². The van der Waals surface area contributed by atoms with Crippen molar-refractivity contribution < 1.29 is 23.9 Å². The highest BCUT2D eigenvalue weighted by Gasteiger charge is 2.28. The molecule has 1 aliphatic heterocycles. The van der Waals surface area contributed by atoms with Crippen LogP contribution in [0.3, 0.4) is 0 Å². The number of allylic oxidation sites excluding steroid dienone is 4. The van der Waals surface area contributed by atoms with Crippen LogP contribution in [0.15, 0.2) is 24.3 Å². The standard InChI is InChI=1S/C49H85N3O5S/c1-5-7-9-11-13-14-15-16-17-18-19-20-21-24-28-32-43(53)40-45-48(49(55)50-35-37-51(3)4)44-34-36-52(41-46(44)58-45)42-56-38-30-26-23-25-29-33-47(54)57-39-31-27-22-12-10-8-6-2/h13-14,16-17H,5-12,15,18-42H2,1-4H3,(H,50,55)/b14-13-,17-16-. The summed E-state index contributed by atoms with van der Waals surface area (Å²) in [5.74, 6) is 0.155. The fourth-order valence-corrected chi connectivity index (χ4v) is 8.83. The maximum absolute atomic E-state index is 13.5. The molecule has 1 aromatic rings. The summed E-state index contributed by atoms with van der Waals surface area (Å²) in [5, 5.41) is 3.13. The molecule has 0 saturated carbocycles. The van der Waals surface area contributed by atoms with E-state index >= 15 is 0 Å². The van der Waals surface area contributed by atoms with Gasteiger partial charge in [-0.1, -0.05) is 128 Å². The van der Waals surface area contributed by atoms with Crippen molar-refractivity contribution >= 4 is 29.0 Å². The van der Waals surface area contributed by atoms with Crippen LogP contribution in [0.1, 0.15) is 200 Å². The zero-order chi connectivity index (χ0) is 41.9. The van der Waals surface area contributed by atoms with Crippen LogP contribution >= 0.6 is 11.3 Å². The second-order valence-electron chi connectivity index (χ2n) is 16.8. The van der Waals surface area contributed by atoms with Crippen LogP contribution in [0, 0.1) is 0 Å². The fraction of sp³-hybridized carbons (Fsp3) is 0.776. The van der Waals surface area contributed by atoms with Gasteiger partial charge in [0.2, 0.25) is 0 Å². The number of Topliss-reactive ketones (excluding diaryl/α,β-unsaturated/α-hetero) is 1. The minimum absolute atomic E-state index is 0.0377. The summed E-state index contributed by atoms with van der Waals surface area (Å²) in [6.45, 7) is 9.31. The molecule has 2 rings (SSSR count). The average molecular weight is 828 g/mol. The Bertz CT molecular complexity index is 1280. The molecule has 0 radical (unpaired) electrons. The third-order valence-corrected chi connectivity index (χ3v) is 12.2. The van der Waals surface area contributed by atoms with Crippen LogP contribution in [0.5, 0.6) is 0 Å². The maximum atomic E-state index is 13.5. The van der Waals surface area contributed by atoms with Crippen molar-refractivity contribution in [1.82, 2.24) is 15.1 Å². The van der Waals surface area contributed by atoms with Crippen molar-refractivity contribution in [2.45, 2.75) is 194 Å². The molecule has 0 aliphatic carbocycles. The zero-order valence-electron chi connectivity index (χ0n) is 37.7. The van der Waals surface area contributed by atoms with Crippen molar-refractivity contribution in [3.05, 3.63) is 45.2 Å². The number of unbranched alkanes of at least 4 members (excludes halogenated alkanes) is 18. The maximum Gasteiger partial charge on any atom is 0.305 e. The topological polar surface area (TPSA) is 88.2 Å². The molecule has 58 heavy (non-hydrogen) atoms. The molecule has 2 heterocycles. The van der Waals surface area contributed by atoms with Gasteiger partial charge < -0.3 is 19.7 Å². The molecule has 0 fully saturated rings. The van der Waals surface area contributed by atoms with Crippen LogP contribution in [-0.2, 0) is 38.4 Å². The fourth-order valence-electron chi connectivity index (χ4n) is 7.41.